The number of sulfonamides is 1. The van der Waals surface area contributed by atoms with E-state index in [1.54, 1.807) is 12.1 Å². The minimum Gasteiger partial charge on any atom is -0.368 e. The highest BCUT2D eigenvalue weighted by Crippen LogP contribution is 2.31. The fourth-order valence-electron chi connectivity index (χ4n) is 3.45. The van der Waals surface area contributed by atoms with E-state index in [0.29, 0.717) is 29.6 Å². The lowest BCUT2D eigenvalue weighted by Gasteiger charge is -2.25. The molecule has 0 spiro atoms. The second-order valence-corrected chi connectivity index (χ2v) is 9.99. The smallest absolute Gasteiger partial charge is 0.255 e. The number of thiazole rings is 1. The molecule has 0 bridgehead atoms. The monoisotopic (exact) mass is 421 g/mol. The van der Waals surface area contributed by atoms with Gasteiger partial charge in [0.25, 0.3) is 5.91 Å². The van der Waals surface area contributed by atoms with Crippen LogP contribution in [0.25, 0.3) is 0 Å². The summed E-state index contributed by atoms with van der Waals surface area (Å²) >= 11 is 1.34. The summed E-state index contributed by atoms with van der Waals surface area (Å²) in [5.41, 5.74) is 1.97. The van der Waals surface area contributed by atoms with Gasteiger partial charge in [0, 0.05) is 24.4 Å². The van der Waals surface area contributed by atoms with Crippen molar-refractivity contribution >= 4 is 32.4 Å². The molecule has 2 aliphatic heterocycles. The summed E-state index contributed by atoms with van der Waals surface area (Å²) in [6, 6.07) is 7.05. The van der Waals surface area contributed by atoms with Gasteiger partial charge in [0.1, 0.15) is 6.10 Å². The maximum atomic E-state index is 13.0. The first kappa shape index (κ1) is 19.5. The number of amides is 1. The Balaban J connectivity index is 1.48. The third-order valence-corrected chi connectivity index (χ3v) is 7.98. The van der Waals surface area contributed by atoms with Crippen molar-refractivity contribution in [3.8, 4) is 0 Å². The van der Waals surface area contributed by atoms with Crippen LogP contribution >= 0.6 is 11.3 Å². The van der Waals surface area contributed by atoms with E-state index in [-0.39, 0.29) is 12.5 Å². The Morgan fingerprint density at radius 2 is 2.14 bits per heavy atom. The summed E-state index contributed by atoms with van der Waals surface area (Å²) in [5.74, 6) is -0.177. The average Bonchev–Trinajstić information content (AvgIpc) is 3.36. The van der Waals surface area contributed by atoms with Crippen molar-refractivity contribution in [2.45, 2.75) is 50.2 Å². The van der Waals surface area contributed by atoms with Gasteiger partial charge in [-0.3, -0.25) is 10.1 Å². The quantitative estimate of drug-likeness (QED) is 0.802. The van der Waals surface area contributed by atoms with Gasteiger partial charge >= 0.3 is 0 Å². The molecule has 0 aliphatic carbocycles. The lowest BCUT2D eigenvalue weighted by atomic mass is 10.2. The molecule has 1 amide bonds. The van der Waals surface area contributed by atoms with Gasteiger partial charge in [-0.15, -0.1) is 11.3 Å². The maximum absolute atomic E-state index is 13.0. The molecule has 2 aromatic rings. The zero-order valence-corrected chi connectivity index (χ0v) is 17.3. The summed E-state index contributed by atoms with van der Waals surface area (Å²) < 4.78 is 32.8. The van der Waals surface area contributed by atoms with Crippen LogP contribution in [-0.4, -0.2) is 42.9 Å². The summed E-state index contributed by atoms with van der Waals surface area (Å²) in [6.45, 7) is 3.31. The molecule has 1 unspecified atom stereocenters. The number of ether oxygens (including phenoxy) is 1. The second-order valence-electron chi connectivity index (χ2n) is 6.97. The van der Waals surface area contributed by atoms with E-state index >= 15 is 0 Å². The number of rotatable bonds is 5. The predicted molar refractivity (Wildman–Crippen MR) is 107 cm³/mol. The molecule has 0 saturated carbocycles. The molecular weight excluding hydrogens is 398 g/mol. The lowest BCUT2D eigenvalue weighted by Crippen LogP contribution is -2.35. The van der Waals surface area contributed by atoms with Crippen LogP contribution in [0.5, 0.6) is 0 Å². The van der Waals surface area contributed by atoms with Crippen LogP contribution in [0.15, 0.2) is 29.2 Å². The number of fused-ring (bicyclic) bond motifs is 1. The fourth-order valence-corrected chi connectivity index (χ4v) is 5.96. The maximum Gasteiger partial charge on any atom is 0.255 e. The number of hydrogen-bond acceptors (Lipinski definition) is 6. The first-order chi connectivity index (χ1) is 13.5. The Labute approximate surface area is 168 Å². The molecule has 1 fully saturated rings. The van der Waals surface area contributed by atoms with Gasteiger partial charge in [0.2, 0.25) is 10.0 Å². The van der Waals surface area contributed by atoms with Gasteiger partial charge in [0.05, 0.1) is 17.1 Å². The number of benzene rings is 1. The first-order valence-corrected chi connectivity index (χ1v) is 11.7. The SMILES string of the molecule is CCc1ccc(S(=O)(=O)N2CCc3nc(NC(=O)C4CCCO4)sc3C2)cc1. The molecular formula is C19H23N3O4S2. The second kappa shape index (κ2) is 7.90. The van der Waals surface area contributed by atoms with Crippen LogP contribution in [0.2, 0.25) is 0 Å². The number of carbonyl (C=O) groups excluding carboxylic acids is 1. The highest BCUT2D eigenvalue weighted by Gasteiger charge is 2.31. The molecule has 1 atom stereocenters. The first-order valence-electron chi connectivity index (χ1n) is 9.47. The molecule has 4 rings (SSSR count). The van der Waals surface area contributed by atoms with Crippen molar-refractivity contribution in [1.29, 1.82) is 0 Å². The number of nitrogens with zero attached hydrogens (tertiary/aromatic N) is 2. The molecule has 1 aromatic heterocycles. The Hall–Kier alpha value is -1.81. The molecule has 1 saturated heterocycles. The summed E-state index contributed by atoms with van der Waals surface area (Å²) in [6.07, 6.45) is 2.60. The van der Waals surface area contributed by atoms with E-state index in [9.17, 15) is 13.2 Å². The van der Waals surface area contributed by atoms with Crippen LogP contribution < -0.4 is 5.32 Å². The van der Waals surface area contributed by atoms with Crippen LogP contribution in [0.1, 0.15) is 35.9 Å². The van der Waals surface area contributed by atoms with Crippen molar-refractivity contribution < 1.29 is 17.9 Å². The average molecular weight is 422 g/mol. The summed E-state index contributed by atoms with van der Waals surface area (Å²) in [4.78, 5) is 17.9. The summed E-state index contributed by atoms with van der Waals surface area (Å²) in [5, 5.41) is 3.33. The fraction of sp³-hybridized carbons (Fsp3) is 0.474. The van der Waals surface area contributed by atoms with Crippen molar-refractivity contribution in [2.24, 2.45) is 0 Å². The largest absolute Gasteiger partial charge is 0.368 e. The van der Waals surface area contributed by atoms with Crippen molar-refractivity contribution in [1.82, 2.24) is 9.29 Å². The van der Waals surface area contributed by atoms with Crippen LogP contribution in [0.4, 0.5) is 5.13 Å². The van der Waals surface area contributed by atoms with Crippen LogP contribution in [0.3, 0.4) is 0 Å². The van der Waals surface area contributed by atoms with Crippen LogP contribution in [-0.2, 0) is 38.9 Å². The zero-order valence-electron chi connectivity index (χ0n) is 15.7. The molecule has 7 nitrogen and oxygen atoms in total. The minimum absolute atomic E-state index is 0.177. The minimum atomic E-state index is -3.55. The van der Waals surface area contributed by atoms with E-state index in [2.05, 4.69) is 10.3 Å². The molecule has 9 heteroatoms. The van der Waals surface area contributed by atoms with Gasteiger partial charge in [-0.25, -0.2) is 13.4 Å². The molecule has 0 radical (unpaired) electrons. The highest BCUT2D eigenvalue weighted by molar-refractivity contribution is 7.89. The number of aryl methyl sites for hydroxylation is 1. The van der Waals surface area contributed by atoms with E-state index in [1.165, 1.54) is 15.6 Å². The molecule has 1 N–H and O–H groups in total. The third-order valence-electron chi connectivity index (χ3n) is 5.12. The standard InChI is InChI=1S/C19H23N3O4S2/c1-2-13-5-7-14(8-6-13)28(24,25)22-10-9-15-17(12-22)27-19(20-15)21-18(23)16-4-3-11-26-16/h5-8,16H,2-4,9-12H2,1H3,(H,20,21,23). The molecule has 3 heterocycles. The van der Waals surface area contributed by atoms with E-state index in [1.807, 2.05) is 19.1 Å². The van der Waals surface area contributed by atoms with Crippen molar-refractivity contribution in [3.63, 3.8) is 0 Å². The van der Waals surface area contributed by atoms with E-state index in [4.69, 9.17) is 4.74 Å². The van der Waals surface area contributed by atoms with Gasteiger partial charge in [-0.1, -0.05) is 19.1 Å². The number of hydrogen-bond donors (Lipinski definition) is 1. The van der Waals surface area contributed by atoms with E-state index in [0.717, 1.165) is 35.4 Å². The predicted octanol–water partition coefficient (Wildman–Crippen LogP) is 2.57. The van der Waals surface area contributed by atoms with Gasteiger partial charge in [-0.05, 0) is 37.0 Å². The molecule has 2 aliphatic rings. The normalized spacial score (nSPS) is 20.1. The van der Waals surface area contributed by atoms with Crippen molar-refractivity contribution in [2.75, 3.05) is 18.5 Å². The number of carbonyl (C=O) groups is 1. The lowest BCUT2D eigenvalue weighted by molar-refractivity contribution is -0.124. The number of nitrogens with one attached hydrogen (secondary N) is 1. The topological polar surface area (TPSA) is 88.6 Å². The number of aromatic nitrogens is 1. The number of anilines is 1. The van der Waals surface area contributed by atoms with Crippen LogP contribution in [0, 0.1) is 0 Å². The third kappa shape index (κ3) is 3.84. The Morgan fingerprint density at radius 1 is 1.36 bits per heavy atom. The van der Waals surface area contributed by atoms with Crippen molar-refractivity contribution in [3.05, 3.63) is 40.4 Å². The molecule has 28 heavy (non-hydrogen) atoms. The van der Waals surface area contributed by atoms with Gasteiger partial charge in [0.15, 0.2) is 5.13 Å². The van der Waals surface area contributed by atoms with E-state index < -0.39 is 16.1 Å². The molecule has 1 aromatic carbocycles. The van der Waals surface area contributed by atoms with Gasteiger partial charge in [-0.2, -0.15) is 4.31 Å². The summed E-state index contributed by atoms with van der Waals surface area (Å²) in [7, 11) is -3.55. The highest BCUT2D eigenvalue weighted by atomic mass is 32.2. The zero-order chi connectivity index (χ0) is 19.7. The Bertz CT molecular complexity index is 964. The Morgan fingerprint density at radius 3 is 2.82 bits per heavy atom. The Kier molecular flexibility index (Phi) is 5.50. The van der Waals surface area contributed by atoms with Gasteiger partial charge < -0.3 is 4.74 Å². The molecule has 150 valence electrons.